The van der Waals surface area contributed by atoms with Gasteiger partial charge in [0, 0.05) is 23.2 Å². The van der Waals surface area contributed by atoms with Gasteiger partial charge in [-0.1, -0.05) is 38.1 Å². The Morgan fingerprint density at radius 1 is 1.26 bits per heavy atom. The van der Waals surface area contributed by atoms with E-state index in [1.807, 2.05) is 18.2 Å². The van der Waals surface area contributed by atoms with Crippen molar-refractivity contribution in [2.75, 3.05) is 17.7 Å². The van der Waals surface area contributed by atoms with Gasteiger partial charge in [0.25, 0.3) is 0 Å². The minimum absolute atomic E-state index is 0.202. The lowest BCUT2D eigenvalue weighted by atomic mass is 9.88. The number of rotatable bonds is 6. The molecule has 0 atom stereocenters. The molecular weight excluding hydrogens is 258 g/mol. The Kier molecular flexibility index (Phi) is 4.59. The van der Waals surface area contributed by atoms with Crippen LogP contribution in [0, 0.1) is 5.41 Å². The summed E-state index contributed by atoms with van der Waals surface area (Å²) in [5.41, 5.74) is 0.202. The van der Waals surface area contributed by atoms with Crippen LogP contribution in [0.3, 0.4) is 0 Å². The van der Waals surface area contributed by atoms with Crippen molar-refractivity contribution in [2.24, 2.45) is 5.41 Å². The molecule has 0 spiro atoms. The summed E-state index contributed by atoms with van der Waals surface area (Å²) in [6, 6.07) is 8.15. The van der Waals surface area contributed by atoms with Gasteiger partial charge >= 0.3 is 0 Å². The number of benzene rings is 1. The highest BCUT2D eigenvalue weighted by atomic mass is 35.5. The zero-order valence-corrected chi connectivity index (χ0v) is 12.2. The predicted molar refractivity (Wildman–Crippen MR) is 81.8 cm³/mol. The fourth-order valence-corrected chi connectivity index (χ4v) is 2.25. The maximum absolute atomic E-state index is 5.76. The van der Waals surface area contributed by atoms with Crippen LogP contribution in [-0.2, 0) is 0 Å². The van der Waals surface area contributed by atoms with Gasteiger partial charge in [-0.25, -0.2) is 0 Å². The molecule has 2 aromatic rings. The molecule has 0 aliphatic carbocycles. The Bertz CT molecular complexity index is 534. The number of alkyl halides is 1. The van der Waals surface area contributed by atoms with Crippen LogP contribution in [0.25, 0.3) is 10.8 Å². The van der Waals surface area contributed by atoms with Crippen LogP contribution in [0.5, 0.6) is 0 Å². The van der Waals surface area contributed by atoms with Gasteiger partial charge in [0.05, 0.1) is 6.20 Å². The molecule has 1 aromatic carbocycles. The van der Waals surface area contributed by atoms with Crippen LogP contribution < -0.4 is 5.32 Å². The second-order valence-electron chi connectivity index (χ2n) is 5.59. The largest absolute Gasteiger partial charge is 0.368 e. The molecule has 1 N–H and O–H groups in total. The third-order valence-corrected chi connectivity index (χ3v) is 3.56. The van der Waals surface area contributed by atoms with E-state index in [1.165, 1.54) is 0 Å². The van der Waals surface area contributed by atoms with Gasteiger partial charge in [0.2, 0.25) is 0 Å². The van der Waals surface area contributed by atoms with Crippen LogP contribution in [0.1, 0.15) is 26.7 Å². The van der Waals surface area contributed by atoms with Crippen molar-refractivity contribution in [1.82, 2.24) is 10.2 Å². The van der Waals surface area contributed by atoms with E-state index in [-0.39, 0.29) is 5.41 Å². The average Bonchev–Trinajstić information content (AvgIpc) is 2.43. The monoisotopic (exact) mass is 277 g/mol. The van der Waals surface area contributed by atoms with E-state index in [0.717, 1.165) is 41.9 Å². The number of nitrogens with zero attached hydrogens (tertiary/aromatic N) is 2. The molecule has 1 heterocycles. The molecule has 4 heteroatoms. The molecule has 2 rings (SSSR count). The van der Waals surface area contributed by atoms with Crippen LogP contribution in [0.15, 0.2) is 30.5 Å². The number of halogens is 1. The standard InChI is InChI=1S/C15H20ClN3/c1-15(2,8-5-9-16)11-17-14-13-7-4-3-6-12(13)10-18-19-14/h3-4,6-7,10H,5,8-9,11H2,1-2H3,(H,17,19). The summed E-state index contributed by atoms with van der Waals surface area (Å²) in [7, 11) is 0. The Morgan fingerprint density at radius 2 is 2.05 bits per heavy atom. The molecule has 0 unspecified atom stereocenters. The van der Waals surface area contributed by atoms with Crippen molar-refractivity contribution in [3.8, 4) is 0 Å². The van der Waals surface area contributed by atoms with Crippen molar-refractivity contribution in [2.45, 2.75) is 26.7 Å². The minimum atomic E-state index is 0.202. The third kappa shape index (κ3) is 3.80. The van der Waals surface area contributed by atoms with Gasteiger partial charge in [-0.2, -0.15) is 5.10 Å². The summed E-state index contributed by atoms with van der Waals surface area (Å²) < 4.78 is 0. The van der Waals surface area contributed by atoms with E-state index in [2.05, 4.69) is 35.4 Å². The second-order valence-corrected chi connectivity index (χ2v) is 5.97. The van der Waals surface area contributed by atoms with Crippen molar-refractivity contribution >= 4 is 28.2 Å². The van der Waals surface area contributed by atoms with Crippen molar-refractivity contribution in [3.05, 3.63) is 30.5 Å². The first kappa shape index (κ1) is 14.1. The molecule has 0 radical (unpaired) electrons. The van der Waals surface area contributed by atoms with Gasteiger partial charge < -0.3 is 5.32 Å². The molecule has 0 saturated heterocycles. The zero-order valence-electron chi connectivity index (χ0n) is 11.5. The molecule has 0 bridgehead atoms. The molecule has 0 aliphatic rings. The summed E-state index contributed by atoms with van der Waals surface area (Å²) in [4.78, 5) is 0. The third-order valence-electron chi connectivity index (χ3n) is 3.29. The number of hydrogen-bond acceptors (Lipinski definition) is 3. The number of hydrogen-bond donors (Lipinski definition) is 1. The van der Waals surface area contributed by atoms with Crippen LogP contribution in [0.4, 0.5) is 5.82 Å². The average molecular weight is 278 g/mol. The number of aromatic nitrogens is 2. The van der Waals surface area contributed by atoms with Crippen molar-refractivity contribution < 1.29 is 0 Å². The Labute approximate surface area is 119 Å². The van der Waals surface area contributed by atoms with Crippen LogP contribution in [-0.4, -0.2) is 22.6 Å². The molecule has 102 valence electrons. The molecule has 1 aromatic heterocycles. The van der Waals surface area contributed by atoms with E-state index in [1.54, 1.807) is 6.20 Å². The smallest absolute Gasteiger partial charge is 0.156 e. The number of fused-ring (bicyclic) bond motifs is 1. The molecular formula is C15H20ClN3. The maximum atomic E-state index is 5.76. The predicted octanol–water partition coefficient (Wildman–Crippen LogP) is 4.09. The van der Waals surface area contributed by atoms with E-state index >= 15 is 0 Å². The Morgan fingerprint density at radius 3 is 2.84 bits per heavy atom. The van der Waals surface area contributed by atoms with E-state index in [0.29, 0.717) is 0 Å². The summed E-state index contributed by atoms with van der Waals surface area (Å²) in [6.07, 6.45) is 3.93. The summed E-state index contributed by atoms with van der Waals surface area (Å²) in [5.74, 6) is 1.58. The maximum Gasteiger partial charge on any atom is 0.156 e. The summed E-state index contributed by atoms with van der Waals surface area (Å²) in [6.45, 7) is 5.35. The topological polar surface area (TPSA) is 37.8 Å². The van der Waals surface area contributed by atoms with Crippen molar-refractivity contribution in [1.29, 1.82) is 0 Å². The quantitative estimate of drug-likeness (QED) is 0.808. The lowest BCUT2D eigenvalue weighted by Gasteiger charge is -2.25. The molecule has 0 amide bonds. The fourth-order valence-electron chi connectivity index (χ4n) is 2.12. The van der Waals surface area contributed by atoms with Gasteiger partial charge in [0.15, 0.2) is 5.82 Å². The first-order valence-electron chi connectivity index (χ1n) is 6.63. The lowest BCUT2D eigenvalue weighted by molar-refractivity contribution is 0.355. The molecule has 0 saturated carbocycles. The molecule has 0 fully saturated rings. The zero-order chi connectivity index (χ0) is 13.7. The lowest BCUT2D eigenvalue weighted by Crippen LogP contribution is -2.23. The van der Waals surface area contributed by atoms with Crippen LogP contribution >= 0.6 is 11.6 Å². The fraction of sp³-hybridized carbons (Fsp3) is 0.467. The van der Waals surface area contributed by atoms with Gasteiger partial charge in [0.1, 0.15) is 0 Å². The molecule has 0 aliphatic heterocycles. The van der Waals surface area contributed by atoms with Gasteiger partial charge in [-0.05, 0) is 18.3 Å². The van der Waals surface area contributed by atoms with Crippen LogP contribution in [0.2, 0.25) is 0 Å². The Hall–Kier alpha value is -1.35. The van der Waals surface area contributed by atoms with Gasteiger partial charge in [-0.15, -0.1) is 16.7 Å². The summed E-state index contributed by atoms with van der Waals surface area (Å²) in [5, 5.41) is 13.9. The van der Waals surface area contributed by atoms with Gasteiger partial charge in [-0.3, -0.25) is 0 Å². The SMILES string of the molecule is CC(C)(CCCCl)CNc1nncc2ccccc12. The summed E-state index contributed by atoms with van der Waals surface area (Å²) >= 11 is 5.76. The first-order chi connectivity index (χ1) is 9.12. The number of anilines is 1. The molecule has 3 nitrogen and oxygen atoms in total. The first-order valence-corrected chi connectivity index (χ1v) is 7.16. The van der Waals surface area contributed by atoms with E-state index in [9.17, 15) is 0 Å². The number of nitrogens with one attached hydrogen (secondary N) is 1. The highest BCUT2D eigenvalue weighted by Crippen LogP contribution is 2.25. The van der Waals surface area contributed by atoms with E-state index in [4.69, 9.17) is 11.6 Å². The highest BCUT2D eigenvalue weighted by molar-refractivity contribution is 6.17. The van der Waals surface area contributed by atoms with Crippen molar-refractivity contribution in [3.63, 3.8) is 0 Å². The Balaban J connectivity index is 2.09. The second kappa shape index (κ2) is 6.20. The minimum Gasteiger partial charge on any atom is -0.368 e. The normalized spacial score (nSPS) is 11.7. The molecule has 19 heavy (non-hydrogen) atoms. The van der Waals surface area contributed by atoms with E-state index < -0.39 is 0 Å². The highest BCUT2D eigenvalue weighted by Gasteiger charge is 2.17.